The van der Waals surface area contributed by atoms with Crippen LogP contribution in [-0.2, 0) is 27.9 Å². The zero-order valence-electron chi connectivity index (χ0n) is 18.0. The van der Waals surface area contributed by atoms with Crippen LogP contribution in [0.2, 0.25) is 0 Å². The fourth-order valence-electron chi connectivity index (χ4n) is 3.90. The van der Waals surface area contributed by atoms with Crippen molar-refractivity contribution < 1.29 is 13.2 Å². The molecule has 0 saturated carbocycles. The number of aryl methyl sites for hydroxylation is 1. The van der Waals surface area contributed by atoms with Gasteiger partial charge in [-0.05, 0) is 63.0 Å². The molecule has 0 aromatic heterocycles. The van der Waals surface area contributed by atoms with E-state index in [0.29, 0.717) is 12.2 Å². The number of likely N-dealkylation sites (tertiary alicyclic amines) is 1. The maximum absolute atomic E-state index is 12.9. The van der Waals surface area contributed by atoms with Crippen molar-refractivity contribution in [1.82, 2.24) is 10.2 Å². The average Bonchev–Trinajstić information content (AvgIpc) is 3.21. The molecule has 0 aliphatic carbocycles. The van der Waals surface area contributed by atoms with Crippen molar-refractivity contribution in [3.05, 3.63) is 65.2 Å². The van der Waals surface area contributed by atoms with E-state index in [1.54, 1.807) is 19.1 Å². The normalized spacial score (nSPS) is 15.7. The molecule has 1 amide bonds. The molecule has 1 heterocycles. The summed E-state index contributed by atoms with van der Waals surface area (Å²) in [4.78, 5) is 15.3. The third kappa shape index (κ3) is 5.61. The second-order valence-electron chi connectivity index (χ2n) is 8.04. The smallest absolute Gasteiger partial charge is 0.243 e. The molecular weight excluding hydrogens is 398 g/mol. The van der Waals surface area contributed by atoms with E-state index in [-0.39, 0.29) is 5.91 Å². The topological polar surface area (TPSA) is 69.7 Å². The summed E-state index contributed by atoms with van der Waals surface area (Å²) in [7, 11) is -3.62. The lowest BCUT2D eigenvalue weighted by atomic mass is 10.1. The fourth-order valence-corrected chi connectivity index (χ4v) is 5.07. The third-order valence-corrected chi connectivity index (χ3v) is 6.78. The number of rotatable bonds is 8. The van der Waals surface area contributed by atoms with Crippen LogP contribution in [0.4, 0.5) is 5.69 Å². The predicted octanol–water partition coefficient (Wildman–Crippen LogP) is 3.06. The van der Waals surface area contributed by atoms with E-state index >= 15 is 0 Å². The Labute approximate surface area is 179 Å². The first-order valence-corrected chi connectivity index (χ1v) is 12.2. The van der Waals surface area contributed by atoms with Crippen LogP contribution < -0.4 is 9.62 Å². The second-order valence-corrected chi connectivity index (χ2v) is 9.90. The first-order chi connectivity index (χ1) is 14.3. The van der Waals surface area contributed by atoms with Gasteiger partial charge < -0.3 is 5.32 Å². The number of nitrogens with zero attached hydrogens (tertiary/aromatic N) is 2. The number of carbonyl (C=O) groups is 1. The molecule has 1 fully saturated rings. The summed E-state index contributed by atoms with van der Waals surface area (Å²) in [5.74, 6) is -0.322. The quantitative estimate of drug-likeness (QED) is 0.700. The van der Waals surface area contributed by atoms with Gasteiger partial charge in [0.2, 0.25) is 15.9 Å². The van der Waals surface area contributed by atoms with Crippen LogP contribution in [0.1, 0.15) is 36.5 Å². The predicted molar refractivity (Wildman–Crippen MR) is 121 cm³/mol. The number of hydrogen-bond acceptors (Lipinski definition) is 4. The van der Waals surface area contributed by atoms with Gasteiger partial charge in [0.15, 0.2) is 0 Å². The maximum Gasteiger partial charge on any atom is 0.243 e. The fraction of sp³-hybridized carbons (Fsp3) is 0.435. The summed E-state index contributed by atoms with van der Waals surface area (Å²) < 4.78 is 26.0. The molecule has 2 aromatic rings. The number of carbonyl (C=O) groups excluding carboxylic acids is 1. The van der Waals surface area contributed by atoms with E-state index in [4.69, 9.17) is 0 Å². The number of nitrogens with one attached hydrogen (secondary N) is 1. The lowest BCUT2D eigenvalue weighted by Crippen LogP contribution is -2.47. The van der Waals surface area contributed by atoms with Crippen LogP contribution in [0, 0.1) is 6.92 Å². The summed E-state index contributed by atoms with van der Waals surface area (Å²) in [6.07, 6.45) is 3.59. The summed E-state index contributed by atoms with van der Waals surface area (Å²) in [5.41, 5.74) is 3.77. The molecule has 2 aromatic carbocycles. The van der Waals surface area contributed by atoms with Gasteiger partial charge in [-0.15, -0.1) is 0 Å². The Kier molecular flexibility index (Phi) is 7.15. The van der Waals surface area contributed by atoms with E-state index in [1.807, 2.05) is 37.3 Å². The van der Waals surface area contributed by atoms with Crippen molar-refractivity contribution in [2.24, 2.45) is 0 Å². The van der Waals surface area contributed by atoms with Crippen molar-refractivity contribution in [2.75, 3.05) is 23.7 Å². The highest BCUT2D eigenvalue weighted by Crippen LogP contribution is 2.22. The monoisotopic (exact) mass is 429 g/mol. The summed E-state index contributed by atoms with van der Waals surface area (Å²) in [6, 6.07) is 14.4. The van der Waals surface area contributed by atoms with Crippen molar-refractivity contribution in [3.63, 3.8) is 0 Å². The highest BCUT2D eigenvalue weighted by molar-refractivity contribution is 7.92. The molecule has 3 rings (SSSR count). The van der Waals surface area contributed by atoms with Crippen LogP contribution >= 0.6 is 0 Å². The van der Waals surface area contributed by atoms with E-state index < -0.39 is 16.1 Å². The lowest BCUT2D eigenvalue weighted by molar-refractivity contribution is -0.122. The van der Waals surface area contributed by atoms with Gasteiger partial charge in [-0.25, -0.2) is 8.42 Å². The van der Waals surface area contributed by atoms with Gasteiger partial charge in [0, 0.05) is 13.1 Å². The molecule has 0 spiro atoms. The van der Waals surface area contributed by atoms with Crippen LogP contribution in [0.15, 0.2) is 48.5 Å². The summed E-state index contributed by atoms with van der Waals surface area (Å²) in [6.45, 7) is 7.02. The Balaban J connectivity index is 1.71. The zero-order valence-corrected chi connectivity index (χ0v) is 18.8. The molecule has 30 heavy (non-hydrogen) atoms. The van der Waals surface area contributed by atoms with E-state index in [0.717, 1.165) is 37.0 Å². The van der Waals surface area contributed by atoms with Crippen molar-refractivity contribution in [1.29, 1.82) is 0 Å². The minimum absolute atomic E-state index is 0.322. The number of hydrogen-bond donors (Lipinski definition) is 1. The van der Waals surface area contributed by atoms with Crippen LogP contribution in [0.25, 0.3) is 0 Å². The maximum atomic E-state index is 12.9. The van der Waals surface area contributed by atoms with Gasteiger partial charge in [-0.3, -0.25) is 14.0 Å². The molecule has 0 bridgehead atoms. The number of benzene rings is 2. The standard InChI is InChI=1S/C23H31N3O3S/c1-18-10-12-22(13-11-18)26(30(3,28)29)19(2)23(27)24-16-20-8-4-5-9-21(20)17-25-14-6-7-15-25/h4-5,8-13,19H,6-7,14-17H2,1-3H3,(H,24,27). The van der Waals surface area contributed by atoms with E-state index in [1.165, 1.54) is 22.7 Å². The van der Waals surface area contributed by atoms with Crippen molar-refractivity contribution in [2.45, 2.75) is 45.8 Å². The molecule has 0 radical (unpaired) electrons. The van der Waals surface area contributed by atoms with Gasteiger partial charge in [0.05, 0.1) is 11.9 Å². The van der Waals surface area contributed by atoms with Gasteiger partial charge in [-0.2, -0.15) is 0 Å². The Morgan fingerprint density at radius 3 is 2.27 bits per heavy atom. The summed E-state index contributed by atoms with van der Waals surface area (Å²) in [5, 5.41) is 2.93. The van der Waals surface area contributed by atoms with Crippen molar-refractivity contribution >= 4 is 21.6 Å². The molecule has 6 nitrogen and oxygen atoms in total. The molecule has 162 valence electrons. The molecular formula is C23H31N3O3S. The summed E-state index contributed by atoms with van der Waals surface area (Å²) >= 11 is 0. The molecule has 1 aliphatic rings. The van der Waals surface area contributed by atoms with Gasteiger partial charge in [-0.1, -0.05) is 42.0 Å². The van der Waals surface area contributed by atoms with Crippen LogP contribution in [0.3, 0.4) is 0 Å². The Hall–Kier alpha value is -2.38. The SMILES string of the molecule is Cc1ccc(N(C(C)C(=O)NCc2ccccc2CN2CCCC2)S(C)(=O)=O)cc1. The number of amides is 1. The minimum atomic E-state index is -3.62. The van der Waals surface area contributed by atoms with Gasteiger partial charge >= 0.3 is 0 Å². The number of anilines is 1. The second kappa shape index (κ2) is 9.62. The first kappa shape index (κ1) is 22.3. The zero-order chi connectivity index (χ0) is 21.7. The largest absolute Gasteiger partial charge is 0.350 e. The van der Waals surface area contributed by atoms with Crippen LogP contribution in [-0.4, -0.2) is 44.6 Å². The Bertz CT molecular complexity index is 967. The third-order valence-electron chi connectivity index (χ3n) is 5.54. The number of sulfonamides is 1. The Morgan fingerprint density at radius 1 is 1.07 bits per heavy atom. The Morgan fingerprint density at radius 2 is 1.67 bits per heavy atom. The molecule has 1 N–H and O–H groups in total. The highest BCUT2D eigenvalue weighted by Gasteiger charge is 2.29. The van der Waals surface area contributed by atoms with Gasteiger partial charge in [0.1, 0.15) is 6.04 Å². The van der Waals surface area contributed by atoms with E-state index in [2.05, 4.69) is 16.3 Å². The molecule has 7 heteroatoms. The van der Waals surface area contributed by atoms with E-state index in [9.17, 15) is 13.2 Å². The van der Waals surface area contributed by atoms with Crippen LogP contribution in [0.5, 0.6) is 0 Å². The van der Waals surface area contributed by atoms with Gasteiger partial charge in [0.25, 0.3) is 0 Å². The first-order valence-electron chi connectivity index (χ1n) is 10.4. The molecule has 1 unspecified atom stereocenters. The average molecular weight is 430 g/mol. The van der Waals surface area contributed by atoms with Crippen molar-refractivity contribution in [3.8, 4) is 0 Å². The lowest BCUT2D eigenvalue weighted by Gasteiger charge is -2.28. The molecule has 1 aliphatic heterocycles. The minimum Gasteiger partial charge on any atom is -0.350 e. The molecule has 1 atom stereocenters. The molecule has 1 saturated heterocycles. The highest BCUT2D eigenvalue weighted by atomic mass is 32.2.